The molecule has 0 spiro atoms. The highest BCUT2D eigenvalue weighted by Crippen LogP contribution is 2.72. The number of carbonyl (C=O) groups is 4. The van der Waals surface area contributed by atoms with Gasteiger partial charge in [0.15, 0.2) is 29.4 Å². The Morgan fingerprint density at radius 2 is 1.87 bits per heavy atom. The van der Waals surface area contributed by atoms with Gasteiger partial charge in [0.25, 0.3) is 0 Å². The third-order valence-electron chi connectivity index (χ3n) is 10.2. The number of Topliss-reactive ketones (excluding diaryl/α,β-unsaturated/α-hetero) is 1. The number of carboxylic acids is 1. The molecule has 1 aliphatic heterocycles. The topological polar surface area (TPSA) is 136 Å². The summed E-state index contributed by atoms with van der Waals surface area (Å²) in [4.78, 5) is 49.0. The number of ketones is 2. The molecular formula is C29H37FO9. The van der Waals surface area contributed by atoms with E-state index in [-0.39, 0.29) is 37.4 Å². The number of aliphatic hydroxyl groups excluding tert-OH is 1. The van der Waals surface area contributed by atoms with Gasteiger partial charge in [-0.05, 0) is 70.9 Å². The number of allylic oxidation sites excluding steroid dienone is 4. The van der Waals surface area contributed by atoms with Gasteiger partial charge in [0.2, 0.25) is 5.78 Å². The van der Waals surface area contributed by atoms with E-state index in [9.17, 15) is 24.3 Å². The van der Waals surface area contributed by atoms with Crippen LogP contribution < -0.4 is 0 Å². The van der Waals surface area contributed by atoms with Crippen molar-refractivity contribution in [1.29, 1.82) is 0 Å². The van der Waals surface area contributed by atoms with Crippen LogP contribution in [0.25, 0.3) is 0 Å². The predicted octanol–water partition coefficient (Wildman–Crippen LogP) is 3.22. The first kappa shape index (κ1) is 28.1. The maximum atomic E-state index is 17.4. The van der Waals surface area contributed by atoms with Crippen LogP contribution in [0.15, 0.2) is 23.8 Å². The van der Waals surface area contributed by atoms with Crippen LogP contribution in [0, 0.1) is 22.7 Å². The Balaban J connectivity index is 1.46. The highest BCUT2D eigenvalue weighted by atomic mass is 19.1. The third-order valence-corrected chi connectivity index (χ3v) is 10.2. The number of esters is 1. The zero-order chi connectivity index (χ0) is 28.6. The summed E-state index contributed by atoms with van der Waals surface area (Å²) in [6.45, 7) is 6.36. The van der Waals surface area contributed by atoms with Gasteiger partial charge in [-0.25, -0.2) is 4.39 Å². The molecule has 0 amide bonds. The standard InChI is InChI=1S/C29H37FO9/c1-25(2)38-22-13-19-18-9-8-16-12-17(31)10-11-26(16,3)28(18,30)20(32)14-27(19,4)29(22,39-25)21(33)15-37-24(36)7-5-6-23(34)35/h10-12,18-20,22,32H,5-9,13-15H2,1-4H3,(H,34,35)/t18-,19-,20-,22+,26-,27-,28-,29+/m0/s1. The molecule has 3 saturated carbocycles. The van der Waals surface area contributed by atoms with Crippen LogP contribution in [0.3, 0.4) is 0 Å². The SMILES string of the molecule is CC1(C)O[C@@H]2C[C@H]3[C@@H]4CCC5=CC(=O)C=C[C@]5(C)[C@@]4(F)[C@@H](O)C[C@]3(C)[C@]2(C(=O)COC(=O)CCCC(=O)O)O1. The first-order valence-electron chi connectivity index (χ1n) is 13.7. The zero-order valence-electron chi connectivity index (χ0n) is 22.8. The summed E-state index contributed by atoms with van der Waals surface area (Å²) in [5.74, 6) is -4.57. The van der Waals surface area contributed by atoms with Gasteiger partial charge in [0, 0.05) is 29.6 Å². The number of rotatable bonds is 7. The lowest BCUT2D eigenvalue weighted by atomic mass is 9.44. The van der Waals surface area contributed by atoms with Crippen molar-refractivity contribution in [2.24, 2.45) is 22.7 Å². The van der Waals surface area contributed by atoms with Crippen LogP contribution in [0.1, 0.15) is 72.6 Å². The van der Waals surface area contributed by atoms with Crippen molar-refractivity contribution in [3.8, 4) is 0 Å². The molecule has 4 fully saturated rings. The fourth-order valence-corrected chi connectivity index (χ4v) is 8.52. The molecule has 9 nitrogen and oxygen atoms in total. The molecule has 39 heavy (non-hydrogen) atoms. The van der Waals surface area contributed by atoms with Gasteiger partial charge in [-0.2, -0.15) is 0 Å². The number of hydrogen-bond donors (Lipinski definition) is 2. The Morgan fingerprint density at radius 3 is 2.56 bits per heavy atom. The van der Waals surface area contributed by atoms with E-state index in [4.69, 9.17) is 19.3 Å². The number of aliphatic hydroxyl groups is 1. The van der Waals surface area contributed by atoms with Crippen LogP contribution >= 0.6 is 0 Å². The average Bonchev–Trinajstić information content (AvgIpc) is 3.24. The van der Waals surface area contributed by atoms with E-state index in [0.29, 0.717) is 24.8 Å². The van der Waals surface area contributed by atoms with E-state index in [1.165, 1.54) is 12.2 Å². The Morgan fingerprint density at radius 1 is 1.15 bits per heavy atom. The van der Waals surface area contributed by atoms with Gasteiger partial charge in [-0.15, -0.1) is 0 Å². The number of alkyl halides is 1. The van der Waals surface area contributed by atoms with Crippen molar-refractivity contribution < 1.29 is 48.0 Å². The molecule has 5 rings (SSSR count). The minimum absolute atomic E-state index is 0.0798. The Bertz CT molecular complexity index is 1180. The van der Waals surface area contributed by atoms with Crippen molar-refractivity contribution in [1.82, 2.24) is 0 Å². The summed E-state index contributed by atoms with van der Waals surface area (Å²) in [7, 11) is 0. The fourth-order valence-electron chi connectivity index (χ4n) is 8.52. The first-order chi connectivity index (χ1) is 18.1. The van der Waals surface area contributed by atoms with E-state index >= 15 is 4.39 Å². The van der Waals surface area contributed by atoms with Crippen molar-refractivity contribution in [2.75, 3.05) is 6.61 Å². The highest BCUT2D eigenvalue weighted by molar-refractivity contribution is 6.01. The normalized spacial score (nSPS) is 43.5. The number of carbonyl (C=O) groups excluding carboxylic acids is 3. The molecule has 0 aromatic carbocycles. The molecule has 1 saturated heterocycles. The van der Waals surface area contributed by atoms with Gasteiger partial charge in [0.05, 0.1) is 12.2 Å². The van der Waals surface area contributed by atoms with Crippen LogP contribution in [0.4, 0.5) is 4.39 Å². The quantitative estimate of drug-likeness (QED) is 0.460. The molecule has 214 valence electrons. The predicted molar refractivity (Wildman–Crippen MR) is 134 cm³/mol. The second-order valence-corrected chi connectivity index (χ2v) is 12.7. The number of carboxylic acid groups (broad SMARTS) is 1. The van der Waals surface area contributed by atoms with Crippen LogP contribution in [0.5, 0.6) is 0 Å². The van der Waals surface area contributed by atoms with Gasteiger partial charge < -0.3 is 24.4 Å². The molecule has 0 radical (unpaired) electrons. The van der Waals surface area contributed by atoms with E-state index in [1.54, 1.807) is 26.8 Å². The van der Waals surface area contributed by atoms with E-state index in [1.807, 2.05) is 6.92 Å². The van der Waals surface area contributed by atoms with E-state index in [2.05, 4.69) is 0 Å². The molecular weight excluding hydrogens is 511 g/mol. The average molecular weight is 549 g/mol. The Kier molecular flexibility index (Phi) is 6.52. The molecule has 0 unspecified atom stereocenters. The summed E-state index contributed by atoms with van der Waals surface area (Å²) in [6.07, 6.45) is 3.13. The number of ether oxygens (including phenoxy) is 3. The van der Waals surface area contributed by atoms with E-state index in [0.717, 1.165) is 0 Å². The van der Waals surface area contributed by atoms with Gasteiger partial charge in [0.1, 0.15) is 0 Å². The minimum atomic E-state index is -2.06. The summed E-state index contributed by atoms with van der Waals surface area (Å²) in [5.41, 5.74) is -5.15. The molecule has 0 bridgehead atoms. The van der Waals surface area contributed by atoms with Crippen LogP contribution in [0.2, 0.25) is 0 Å². The smallest absolute Gasteiger partial charge is 0.306 e. The zero-order valence-corrected chi connectivity index (χ0v) is 22.8. The molecule has 8 atom stereocenters. The highest BCUT2D eigenvalue weighted by Gasteiger charge is 2.80. The van der Waals surface area contributed by atoms with Gasteiger partial charge in [-0.3, -0.25) is 19.2 Å². The van der Waals surface area contributed by atoms with Crippen molar-refractivity contribution in [2.45, 2.75) is 102 Å². The number of halogens is 1. The molecule has 0 aromatic rings. The first-order valence-corrected chi connectivity index (χ1v) is 13.7. The molecule has 0 aromatic heterocycles. The fraction of sp³-hybridized carbons (Fsp3) is 0.724. The monoisotopic (exact) mass is 548 g/mol. The minimum Gasteiger partial charge on any atom is -0.481 e. The molecule has 1 heterocycles. The second kappa shape index (κ2) is 9.04. The van der Waals surface area contributed by atoms with E-state index < -0.39 is 70.3 Å². The van der Waals surface area contributed by atoms with Crippen molar-refractivity contribution in [3.63, 3.8) is 0 Å². The maximum Gasteiger partial charge on any atom is 0.306 e. The Labute approximate surface area is 226 Å². The van der Waals surface area contributed by atoms with Gasteiger partial charge in [-0.1, -0.05) is 18.6 Å². The third kappa shape index (κ3) is 3.89. The lowest BCUT2D eigenvalue weighted by molar-refractivity contribution is -0.246. The number of hydrogen-bond acceptors (Lipinski definition) is 8. The number of aliphatic carboxylic acids is 1. The summed E-state index contributed by atoms with van der Waals surface area (Å²) in [6, 6.07) is 0. The molecule has 5 aliphatic rings. The largest absolute Gasteiger partial charge is 0.481 e. The van der Waals surface area contributed by atoms with Gasteiger partial charge >= 0.3 is 11.9 Å². The summed E-state index contributed by atoms with van der Waals surface area (Å²) in [5, 5.41) is 20.4. The van der Waals surface area contributed by atoms with Crippen LogP contribution in [-0.2, 0) is 33.4 Å². The molecule has 4 aliphatic carbocycles. The number of fused-ring (bicyclic) bond motifs is 7. The lowest BCUT2D eigenvalue weighted by Crippen LogP contribution is -2.70. The molecule has 2 N–H and O–H groups in total. The summed E-state index contributed by atoms with van der Waals surface area (Å²) >= 11 is 0. The summed E-state index contributed by atoms with van der Waals surface area (Å²) < 4.78 is 35.3. The Hall–Kier alpha value is -2.43. The van der Waals surface area contributed by atoms with Crippen molar-refractivity contribution >= 4 is 23.5 Å². The maximum absolute atomic E-state index is 17.4. The second-order valence-electron chi connectivity index (χ2n) is 12.7. The van der Waals surface area contributed by atoms with Crippen molar-refractivity contribution in [3.05, 3.63) is 23.8 Å². The van der Waals surface area contributed by atoms with Crippen LogP contribution in [-0.4, -0.2) is 69.6 Å². The molecule has 10 heteroatoms. The lowest BCUT2D eigenvalue weighted by Gasteiger charge is -2.62.